The molecule has 0 saturated carbocycles. The summed E-state index contributed by atoms with van der Waals surface area (Å²) in [5, 5.41) is 10.2. The molecule has 2 aromatic carbocycles. The first kappa shape index (κ1) is 19.3. The van der Waals surface area contributed by atoms with Crippen molar-refractivity contribution in [2.24, 2.45) is 16.1 Å². The zero-order valence-corrected chi connectivity index (χ0v) is 17.3. The number of rotatable bonds is 1. The number of hydrogen-bond donors (Lipinski definition) is 1. The molecule has 3 aliphatic rings. The largest absolute Gasteiger partial charge is 0.383 e. The van der Waals surface area contributed by atoms with E-state index < -0.39 is 11.7 Å². The number of hydrogen-bond acceptors (Lipinski definition) is 5. The number of nitrogens with two attached hydrogens (primary N) is 1. The zero-order chi connectivity index (χ0) is 21.9. The van der Waals surface area contributed by atoms with Crippen LogP contribution in [-0.4, -0.2) is 11.6 Å². The number of Topliss-reactive ketones (excluding diaryl/α,β-unsaturated/α-hetero) is 1. The van der Waals surface area contributed by atoms with E-state index in [1.807, 2.05) is 43.0 Å². The van der Waals surface area contributed by atoms with Gasteiger partial charge in [0.05, 0.1) is 23.2 Å². The summed E-state index contributed by atoms with van der Waals surface area (Å²) in [6.07, 6.45) is 0.941. The minimum Gasteiger partial charge on any atom is -0.383 e. The summed E-state index contributed by atoms with van der Waals surface area (Å²) < 4.78 is 14.9. The summed E-state index contributed by atoms with van der Waals surface area (Å²) in [5.41, 5.74) is 9.30. The maximum Gasteiger partial charge on any atom is 0.162 e. The molecular formula is C25H21FN4O. The molecule has 2 aromatic rings. The monoisotopic (exact) mass is 412 g/mol. The van der Waals surface area contributed by atoms with Crippen LogP contribution in [0.15, 0.2) is 76.2 Å². The van der Waals surface area contributed by atoms with E-state index >= 15 is 0 Å². The summed E-state index contributed by atoms with van der Waals surface area (Å²) in [6, 6.07) is 16.1. The summed E-state index contributed by atoms with van der Waals surface area (Å²) in [6.45, 7) is 4.09. The van der Waals surface area contributed by atoms with E-state index in [4.69, 9.17) is 5.73 Å². The van der Waals surface area contributed by atoms with Crippen LogP contribution in [0.1, 0.15) is 43.7 Å². The lowest BCUT2D eigenvalue weighted by atomic mass is 9.68. The molecule has 5 rings (SSSR count). The number of anilines is 1. The Morgan fingerprint density at radius 1 is 1.16 bits per heavy atom. The molecule has 0 saturated heterocycles. The van der Waals surface area contributed by atoms with Crippen LogP contribution in [0, 0.1) is 22.6 Å². The number of nitriles is 1. The second-order valence-electron chi connectivity index (χ2n) is 8.95. The molecule has 5 nitrogen and oxygen atoms in total. The quantitative estimate of drug-likeness (QED) is 0.746. The van der Waals surface area contributed by atoms with E-state index in [0.717, 1.165) is 16.9 Å². The fourth-order valence-electron chi connectivity index (χ4n) is 4.91. The standard InChI is InChI=1S/C25H21FN4O/c1-25(2)11-19-22(20(31)12-25)21(14-7-3-5-9-17(14)26)16(13-27)24-29-23(28)15-8-4-6-10-18(15)30(19)24/h3-10,21H,11-12H2,1-2H3,(H2,28,29)/t21-/m0/s1. The van der Waals surface area contributed by atoms with Crippen molar-refractivity contribution in [1.82, 2.24) is 0 Å². The molecule has 2 heterocycles. The minimum absolute atomic E-state index is 0.0636. The number of nitrogens with zero attached hydrogens (tertiary/aromatic N) is 3. The van der Waals surface area contributed by atoms with Crippen LogP contribution in [0.5, 0.6) is 0 Å². The smallest absolute Gasteiger partial charge is 0.162 e. The highest BCUT2D eigenvalue weighted by molar-refractivity contribution is 6.08. The van der Waals surface area contributed by atoms with Gasteiger partial charge in [-0.1, -0.05) is 44.2 Å². The summed E-state index contributed by atoms with van der Waals surface area (Å²) in [7, 11) is 0. The molecule has 1 atom stereocenters. The minimum atomic E-state index is -0.808. The molecule has 0 spiro atoms. The highest BCUT2D eigenvalue weighted by Gasteiger charge is 2.47. The zero-order valence-electron chi connectivity index (χ0n) is 17.3. The van der Waals surface area contributed by atoms with Gasteiger partial charge in [-0.05, 0) is 30.0 Å². The van der Waals surface area contributed by atoms with Gasteiger partial charge >= 0.3 is 0 Å². The number of amidine groups is 1. The molecule has 2 N–H and O–H groups in total. The maximum atomic E-state index is 14.9. The van der Waals surface area contributed by atoms with Gasteiger partial charge in [-0.15, -0.1) is 0 Å². The third-order valence-corrected chi connectivity index (χ3v) is 6.18. The average molecular weight is 412 g/mol. The van der Waals surface area contributed by atoms with Gasteiger partial charge in [0.2, 0.25) is 0 Å². The number of allylic oxidation sites excluding steroid dienone is 3. The number of para-hydroxylation sites is 1. The SMILES string of the molecule is CC1(C)CC(=O)C2=C(C1)N1C(=C(C#N)[C@@H]2c2ccccc2F)N=C(N)c2ccccc21. The predicted molar refractivity (Wildman–Crippen MR) is 116 cm³/mol. The molecule has 0 radical (unpaired) electrons. The molecule has 0 aromatic heterocycles. The Morgan fingerprint density at radius 3 is 2.61 bits per heavy atom. The molecule has 6 heteroatoms. The Morgan fingerprint density at radius 2 is 1.87 bits per heavy atom. The number of halogens is 1. The molecule has 1 aliphatic carbocycles. The summed E-state index contributed by atoms with van der Waals surface area (Å²) in [5.74, 6) is -0.653. The third kappa shape index (κ3) is 2.81. The second-order valence-corrected chi connectivity index (χ2v) is 8.95. The average Bonchev–Trinajstić information content (AvgIpc) is 2.72. The van der Waals surface area contributed by atoms with Gasteiger partial charge in [-0.3, -0.25) is 9.69 Å². The van der Waals surface area contributed by atoms with E-state index in [-0.39, 0.29) is 16.8 Å². The van der Waals surface area contributed by atoms with Crippen molar-refractivity contribution in [3.63, 3.8) is 0 Å². The lowest BCUT2D eigenvalue weighted by molar-refractivity contribution is -0.118. The number of carbonyl (C=O) groups is 1. The fraction of sp³-hybridized carbons (Fsp3) is 0.240. The first-order chi connectivity index (χ1) is 14.8. The van der Waals surface area contributed by atoms with Crippen LogP contribution in [0.4, 0.5) is 10.1 Å². The van der Waals surface area contributed by atoms with E-state index in [1.54, 1.807) is 18.2 Å². The topological polar surface area (TPSA) is 82.5 Å². The van der Waals surface area contributed by atoms with Gasteiger partial charge in [0.1, 0.15) is 11.7 Å². The molecule has 154 valence electrons. The summed E-state index contributed by atoms with van der Waals surface area (Å²) in [4.78, 5) is 19.9. The number of ketones is 1. The van der Waals surface area contributed by atoms with E-state index in [2.05, 4.69) is 11.1 Å². The van der Waals surface area contributed by atoms with Gasteiger partial charge in [0.25, 0.3) is 0 Å². The molecular weight excluding hydrogens is 391 g/mol. The van der Waals surface area contributed by atoms with Crippen LogP contribution < -0.4 is 10.6 Å². The number of aliphatic imine (C=N–C) groups is 1. The molecule has 0 amide bonds. The molecule has 0 unspecified atom stereocenters. The van der Waals surface area contributed by atoms with Crippen LogP contribution in [-0.2, 0) is 4.79 Å². The van der Waals surface area contributed by atoms with Crippen molar-refractivity contribution < 1.29 is 9.18 Å². The highest BCUT2D eigenvalue weighted by Crippen LogP contribution is 2.52. The van der Waals surface area contributed by atoms with E-state index in [0.29, 0.717) is 35.6 Å². The molecule has 0 bridgehead atoms. The van der Waals surface area contributed by atoms with Crippen molar-refractivity contribution in [2.75, 3.05) is 4.90 Å². The molecule has 31 heavy (non-hydrogen) atoms. The number of benzene rings is 2. The lowest BCUT2D eigenvalue weighted by Gasteiger charge is -2.45. The van der Waals surface area contributed by atoms with Crippen molar-refractivity contribution in [2.45, 2.75) is 32.6 Å². The number of carbonyl (C=O) groups excluding carboxylic acids is 1. The van der Waals surface area contributed by atoms with Crippen molar-refractivity contribution >= 4 is 17.3 Å². The third-order valence-electron chi connectivity index (χ3n) is 6.18. The normalized spacial score (nSPS) is 21.7. The van der Waals surface area contributed by atoms with Gasteiger partial charge < -0.3 is 5.73 Å². The Hall–Kier alpha value is -3.72. The molecule has 0 fully saturated rings. The van der Waals surface area contributed by atoms with Gasteiger partial charge in [0.15, 0.2) is 11.6 Å². The van der Waals surface area contributed by atoms with Crippen molar-refractivity contribution in [3.8, 4) is 6.07 Å². The fourth-order valence-corrected chi connectivity index (χ4v) is 4.91. The predicted octanol–water partition coefficient (Wildman–Crippen LogP) is 4.53. The van der Waals surface area contributed by atoms with Crippen LogP contribution in [0.2, 0.25) is 0 Å². The first-order valence-electron chi connectivity index (χ1n) is 10.2. The van der Waals surface area contributed by atoms with Crippen molar-refractivity contribution in [3.05, 3.63) is 88.1 Å². The van der Waals surface area contributed by atoms with E-state index in [1.165, 1.54) is 6.07 Å². The second kappa shape index (κ2) is 6.64. The van der Waals surface area contributed by atoms with Gasteiger partial charge in [-0.2, -0.15) is 5.26 Å². The summed E-state index contributed by atoms with van der Waals surface area (Å²) >= 11 is 0. The first-order valence-corrected chi connectivity index (χ1v) is 10.2. The Kier molecular flexibility index (Phi) is 4.13. The Labute approximate surface area is 180 Å². The van der Waals surface area contributed by atoms with Gasteiger partial charge in [0, 0.05) is 28.8 Å². The lowest BCUT2D eigenvalue weighted by Crippen LogP contribution is -2.42. The molecule has 2 aliphatic heterocycles. The van der Waals surface area contributed by atoms with Crippen LogP contribution in [0.25, 0.3) is 0 Å². The Bertz CT molecular complexity index is 1280. The van der Waals surface area contributed by atoms with Gasteiger partial charge in [-0.25, -0.2) is 9.38 Å². The van der Waals surface area contributed by atoms with Crippen molar-refractivity contribution in [1.29, 1.82) is 5.26 Å². The number of fused-ring (bicyclic) bond motifs is 4. The van der Waals surface area contributed by atoms with E-state index in [9.17, 15) is 14.4 Å². The maximum absolute atomic E-state index is 14.9. The van der Waals surface area contributed by atoms with Crippen LogP contribution >= 0.6 is 0 Å². The van der Waals surface area contributed by atoms with Crippen LogP contribution in [0.3, 0.4) is 0 Å². The Balaban J connectivity index is 1.87. The highest BCUT2D eigenvalue weighted by atomic mass is 19.1.